The molecule has 0 unspecified atom stereocenters. The van der Waals surface area contributed by atoms with E-state index in [0.29, 0.717) is 6.61 Å². The summed E-state index contributed by atoms with van der Waals surface area (Å²) in [6.45, 7) is 5.29. The highest BCUT2D eigenvalue weighted by atomic mass is 16.5. The number of hydrogen-bond donors (Lipinski definition) is 0. The van der Waals surface area contributed by atoms with Gasteiger partial charge in [-0.3, -0.25) is 4.90 Å². The summed E-state index contributed by atoms with van der Waals surface area (Å²) in [6.07, 6.45) is 9.23. The molecule has 2 aliphatic heterocycles. The number of aromatic nitrogens is 2. The Labute approximate surface area is 142 Å². The van der Waals surface area contributed by atoms with Crippen molar-refractivity contribution in [2.24, 2.45) is 0 Å². The van der Waals surface area contributed by atoms with Crippen molar-refractivity contribution < 1.29 is 9.15 Å². The maximum atomic E-state index is 5.71. The molecule has 2 fully saturated rings. The number of anilines is 1. The van der Waals surface area contributed by atoms with Crippen LogP contribution in [0.25, 0.3) is 0 Å². The van der Waals surface area contributed by atoms with Gasteiger partial charge in [0.15, 0.2) is 0 Å². The Morgan fingerprint density at radius 2 is 2.04 bits per heavy atom. The standard InChI is InChI=1S/C18H24N4O2/c1-2-7-21(8-3-1)17-4-6-19-18(20-17)16-14-24-11-9-22(16)12-15-5-10-23-13-15/h4-6,10,13,16H,1-3,7-9,11-12,14H2/t16-/m1/s1. The van der Waals surface area contributed by atoms with Crippen LogP contribution >= 0.6 is 0 Å². The summed E-state index contributed by atoms with van der Waals surface area (Å²) in [7, 11) is 0. The number of rotatable bonds is 4. The fourth-order valence-corrected chi connectivity index (χ4v) is 3.51. The quantitative estimate of drug-likeness (QED) is 0.860. The Balaban J connectivity index is 1.53. The number of ether oxygens (including phenoxy) is 1. The van der Waals surface area contributed by atoms with E-state index in [1.165, 1.54) is 24.8 Å². The van der Waals surface area contributed by atoms with Crippen molar-refractivity contribution in [1.82, 2.24) is 14.9 Å². The van der Waals surface area contributed by atoms with Crippen LogP contribution in [0, 0.1) is 0 Å². The summed E-state index contributed by atoms with van der Waals surface area (Å²) < 4.78 is 10.9. The van der Waals surface area contributed by atoms with Crippen molar-refractivity contribution in [2.75, 3.05) is 37.7 Å². The lowest BCUT2D eigenvalue weighted by molar-refractivity contribution is -0.0159. The van der Waals surface area contributed by atoms with Crippen molar-refractivity contribution in [3.63, 3.8) is 0 Å². The van der Waals surface area contributed by atoms with Gasteiger partial charge in [-0.15, -0.1) is 0 Å². The molecule has 128 valence electrons. The van der Waals surface area contributed by atoms with Gasteiger partial charge in [0.25, 0.3) is 0 Å². The Hall–Kier alpha value is -1.92. The second kappa shape index (κ2) is 7.32. The van der Waals surface area contributed by atoms with E-state index in [9.17, 15) is 0 Å². The molecule has 1 atom stereocenters. The van der Waals surface area contributed by atoms with Gasteiger partial charge in [0.05, 0.1) is 31.8 Å². The number of hydrogen-bond acceptors (Lipinski definition) is 6. The van der Waals surface area contributed by atoms with Crippen LogP contribution in [0.4, 0.5) is 5.82 Å². The summed E-state index contributed by atoms with van der Waals surface area (Å²) in [6, 6.07) is 4.13. The van der Waals surface area contributed by atoms with Crippen LogP contribution in [0.3, 0.4) is 0 Å². The second-order valence-corrected chi connectivity index (χ2v) is 6.51. The minimum atomic E-state index is 0.0957. The molecule has 4 rings (SSSR count). The molecule has 4 heterocycles. The van der Waals surface area contributed by atoms with Crippen molar-refractivity contribution >= 4 is 5.82 Å². The van der Waals surface area contributed by atoms with Crippen LogP contribution in [-0.4, -0.2) is 47.7 Å². The Bertz CT molecular complexity index is 640. The fourth-order valence-electron chi connectivity index (χ4n) is 3.51. The van der Waals surface area contributed by atoms with Gasteiger partial charge in [0, 0.05) is 37.9 Å². The van der Waals surface area contributed by atoms with Crippen molar-refractivity contribution in [3.05, 3.63) is 42.2 Å². The largest absolute Gasteiger partial charge is 0.472 e. The van der Waals surface area contributed by atoms with E-state index in [1.807, 2.05) is 18.3 Å². The molecule has 0 amide bonds. The molecular weight excluding hydrogens is 304 g/mol. The van der Waals surface area contributed by atoms with Crippen molar-refractivity contribution in [1.29, 1.82) is 0 Å². The van der Waals surface area contributed by atoms with Gasteiger partial charge in [-0.2, -0.15) is 0 Å². The van der Waals surface area contributed by atoms with Crippen molar-refractivity contribution in [3.8, 4) is 0 Å². The van der Waals surface area contributed by atoms with E-state index < -0.39 is 0 Å². The Morgan fingerprint density at radius 3 is 2.88 bits per heavy atom. The van der Waals surface area contributed by atoms with Gasteiger partial charge in [-0.05, 0) is 31.4 Å². The molecule has 0 radical (unpaired) electrons. The Kier molecular flexibility index (Phi) is 4.76. The normalized spacial score (nSPS) is 22.7. The molecule has 6 heteroatoms. The zero-order valence-corrected chi connectivity index (χ0v) is 13.9. The zero-order chi connectivity index (χ0) is 16.2. The van der Waals surface area contributed by atoms with Gasteiger partial charge in [0.1, 0.15) is 11.6 Å². The van der Waals surface area contributed by atoms with Gasteiger partial charge in [-0.1, -0.05) is 0 Å². The lowest BCUT2D eigenvalue weighted by Crippen LogP contribution is -2.40. The predicted octanol–water partition coefficient (Wildman–Crippen LogP) is 2.63. The summed E-state index contributed by atoms with van der Waals surface area (Å²) in [5.74, 6) is 1.91. The van der Waals surface area contributed by atoms with Gasteiger partial charge < -0.3 is 14.1 Å². The molecule has 0 saturated carbocycles. The van der Waals surface area contributed by atoms with Crippen LogP contribution in [0.5, 0.6) is 0 Å². The van der Waals surface area contributed by atoms with Crippen LogP contribution in [-0.2, 0) is 11.3 Å². The third-order valence-electron chi connectivity index (χ3n) is 4.84. The highest BCUT2D eigenvalue weighted by Gasteiger charge is 2.28. The SMILES string of the molecule is c1cc(N2CCCCC2)nc([C@H]2COCCN2Cc2ccoc2)n1. The van der Waals surface area contributed by atoms with Crippen LogP contribution in [0.2, 0.25) is 0 Å². The maximum absolute atomic E-state index is 5.71. The number of nitrogens with zero attached hydrogens (tertiary/aromatic N) is 4. The molecule has 2 aliphatic rings. The minimum absolute atomic E-state index is 0.0957. The molecule has 0 aliphatic carbocycles. The van der Waals surface area contributed by atoms with E-state index in [0.717, 1.165) is 44.4 Å². The summed E-state index contributed by atoms with van der Waals surface area (Å²) in [5.41, 5.74) is 1.18. The monoisotopic (exact) mass is 328 g/mol. The highest BCUT2D eigenvalue weighted by Crippen LogP contribution is 2.25. The molecule has 6 nitrogen and oxygen atoms in total. The molecule has 0 N–H and O–H groups in total. The van der Waals surface area contributed by atoms with E-state index >= 15 is 0 Å². The maximum Gasteiger partial charge on any atom is 0.150 e. The molecule has 2 saturated heterocycles. The molecule has 24 heavy (non-hydrogen) atoms. The van der Waals surface area contributed by atoms with E-state index in [2.05, 4.69) is 14.8 Å². The van der Waals surface area contributed by atoms with Crippen LogP contribution in [0.15, 0.2) is 35.3 Å². The van der Waals surface area contributed by atoms with E-state index in [-0.39, 0.29) is 6.04 Å². The van der Waals surface area contributed by atoms with Gasteiger partial charge in [0.2, 0.25) is 0 Å². The van der Waals surface area contributed by atoms with Gasteiger partial charge in [-0.25, -0.2) is 9.97 Å². The first kappa shape index (κ1) is 15.6. The van der Waals surface area contributed by atoms with E-state index in [1.54, 1.807) is 12.5 Å². The molecule has 2 aromatic heterocycles. The first-order valence-electron chi connectivity index (χ1n) is 8.81. The van der Waals surface area contributed by atoms with Crippen LogP contribution < -0.4 is 4.90 Å². The first-order valence-corrected chi connectivity index (χ1v) is 8.81. The lowest BCUT2D eigenvalue weighted by atomic mass is 10.1. The van der Waals surface area contributed by atoms with E-state index in [4.69, 9.17) is 14.1 Å². The molecule has 2 aromatic rings. The Morgan fingerprint density at radius 1 is 1.12 bits per heavy atom. The number of piperidine rings is 1. The fraction of sp³-hybridized carbons (Fsp3) is 0.556. The predicted molar refractivity (Wildman–Crippen MR) is 90.8 cm³/mol. The second-order valence-electron chi connectivity index (χ2n) is 6.51. The summed E-state index contributed by atoms with van der Waals surface area (Å²) in [5, 5.41) is 0. The third kappa shape index (κ3) is 3.44. The van der Waals surface area contributed by atoms with Gasteiger partial charge >= 0.3 is 0 Å². The molecule has 0 bridgehead atoms. The summed E-state index contributed by atoms with van der Waals surface area (Å²) >= 11 is 0. The smallest absolute Gasteiger partial charge is 0.150 e. The van der Waals surface area contributed by atoms with Crippen molar-refractivity contribution in [2.45, 2.75) is 31.8 Å². The number of furan rings is 1. The molecule has 0 spiro atoms. The topological polar surface area (TPSA) is 54.6 Å². The van der Waals surface area contributed by atoms with Crippen LogP contribution in [0.1, 0.15) is 36.7 Å². The average Bonchev–Trinajstić information content (AvgIpc) is 3.16. The third-order valence-corrected chi connectivity index (χ3v) is 4.84. The molecule has 0 aromatic carbocycles. The lowest BCUT2D eigenvalue weighted by Gasteiger charge is -2.35. The molecular formula is C18H24N4O2. The zero-order valence-electron chi connectivity index (χ0n) is 13.9. The first-order chi connectivity index (χ1) is 11.9. The summed E-state index contributed by atoms with van der Waals surface area (Å²) in [4.78, 5) is 14.2. The average molecular weight is 328 g/mol. The number of morpholine rings is 1. The highest BCUT2D eigenvalue weighted by molar-refractivity contribution is 5.38. The minimum Gasteiger partial charge on any atom is -0.472 e.